The number of thioether (sulfide) groups is 1. The molecule has 2 aromatic carbocycles. The number of benzene rings is 2. The van der Waals surface area contributed by atoms with Crippen LogP contribution in [0.2, 0.25) is 0 Å². The Labute approximate surface area is 203 Å². The van der Waals surface area contributed by atoms with Gasteiger partial charge in [0.05, 0.1) is 6.54 Å². The number of amides is 3. The van der Waals surface area contributed by atoms with Crippen molar-refractivity contribution in [3.8, 4) is 5.75 Å². The SMILES string of the molecule is Cc1ccc(OCCNC(=O)c2ccc(NC(=O)CC3SC(N4CCCC4)=NC3=O)cc2)cc1. The first-order valence-corrected chi connectivity index (χ1v) is 12.3. The first-order chi connectivity index (χ1) is 16.5. The number of carbonyl (C=O) groups is 3. The average Bonchev–Trinajstić information content (AvgIpc) is 3.48. The van der Waals surface area contributed by atoms with Gasteiger partial charge in [-0.3, -0.25) is 14.4 Å². The molecular formula is C25H28N4O4S. The van der Waals surface area contributed by atoms with Gasteiger partial charge in [0.25, 0.3) is 11.8 Å². The summed E-state index contributed by atoms with van der Waals surface area (Å²) in [6, 6.07) is 14.4. The number of aryl methyl sites for hydroxylation is 1. The Hall–Kier alpha value is -3.33. The van der Waals surface area contributed by atoms with E-state index in [1.807, 2.05) is 31.2 Å². The number of carbonyl (C=O) groups excluding carboxylic acids is 3. The van der Waals surface area contributed by atoms with E-state index in [1.165, 1.54) is 11.8 Å². The van der Waals surface area contributed by atoms with Crippen LogP contribution in [0.3, 0.4) is 0 Å². The summed E-state index contributed by atoms with van der Waals surface area (Å²) < 4.78 is 5.61. The zero-order valence-electron chi connectivity index (χ0n) is 19.1. The van der Waals surface area contributed by atoms with Gasteiger partial charge in [-0.2, -0.15) is 4.99 Å². The Morgan fingerprint density at radius 2 is 1.79 bits per heavy atom. The molecule has 2 aliphatic rings. The third-order valence-electron chi connectivity index (χ3n) is 5.58. The van der Waals surface area contributed by atoms with Crippen LogP contribution in [0.1, 0.15) is 35.2 Å². The molecule has 0 aromatic heterocycles. The minimum absolute atomic E-state index is 0.0631. The number of amidine groups is 1. The molecule has 0 spiro atoms. The molecule has 0 bridgehead atoms. The molecule has 4 rings (SSSR count). The van der Waals surface area contributed by atoms with E-state index in [9.17, 15) is 14.4 Å². The maximum absolute atomic E-state index is 12.4. The van der Waals surface area contributed by atoms with E-state index in [-0.39, 0.29) is 24.1 Å². The zero-order chi connectivity index (χ0) is 23.9. The maximum Gasteiger partial charge on any atom is 0.262 e. The fourth-order valence-corrected chi connectivity index (χ4v) is 4.83. The van der Waals surface area contributed by atoms with Crippen molar-refractivity contribution in [3.05, 3.63) is 59.7 Å². The third kappa shape index (κ3) is 6.38. The second kappa shape index (κ2) is 11.2. The smallest absolute Gasteiger partial charge is 0.262 e. The van der Waals surface area contributed by atoms with E-state index >= 15 is 0 Å². The lowest BCUT2D eigenvalue weighted by atomic mass is 10.2. The Bertz CT molecular complexity index is 1060. The molecule has 1 saturated heterocycles. The summed E-state index contributed by atoms with van der Waals surface area (Å²) in [4.78, 5) is 43.2. The molecule has 0 radical (unpaired) electrons. The van der Waals surface area contributed by atoms with Crippen molar-refractivity contribution in [2.24, 2.45) is 4.99 Å². The molecule has 3 amide bonds. The highest BCUT2D eigenvalue weighted by Crippen LogP contribution is 2.29. The van der Waals surface area contributed by atoms with Crippen molar-refractivity contribution in [1.29, 1.82) is 0 Å². The van der Waals surface area contributed by atoms with Crippen molar-refractivity contribution in [1.82, 2.24) is 10.2 Å². The van der Waals surface area contributed by atoms with Crippen molar-refractivity contribution in [3.63, 3.8) is 0 Å². The Morgan fingerprint density at radius 3 is 2.50 bits per heavy atom. The van der Waals surface area contributed by atoms with Crippen LogP contribution in [-0.4, -0.2) is 59.3 Å². The first-order valence-electron chi connectivity index (χ1n) is 11.4. The van der Waals surface area contributed by atoms with Gasteiger partial charge < -0.3 is 20.3 Å². The maximum atomic E-state index is 12.4. The van der Waals surface area contributed by atoms with Gasteiger partial charge in [0.1, 0.15) is 17.6 Å². The van der Waals surface area contributed by atoms with Gasteiger partial charge in [0.15, 0.2) is 5.17 Å². The van der Waals surface area contributed by atoms with Crippen molar-refractivity contribution in [2.75, 3.05) is 31.6 Å². The standard InChI is InChI=1S/C25H28N4O4S/c1-17-4-10-20(11-5-17)33-15-12-26-23(31)18-6-8-19(9-7-18)27-22(30)16-21-24(32)28-25(34-21)29-13-2-3-14-29/h4-11,21H,2-3,12-16H2,1H3,(H,26,31)(H,27,30). The number of likely N-dealkylation sites (tertiary alicyclic amines) is 1. The van der Waals surface area contributed by atoms with Gasteiger partial charge in [-0.05, 0) is 56.2 Å². The predicted octanol–water partition coefficient (Wildman–Crippen LogP) is 3.23. The summed E-state index contributed by atoms with van der Waals surface area (Å²) in [6.07, 6.45) is 2.27. The summed E-state index contributed by atoms with van der Waals surface area (Å²) >= 11 is 1.37. The molecule has 1 fully saturated rings. The summed E-state index contributed by atoms with van der Waals surface area (Å²) in [5.74, 6) is 0.0380. The van der Waals surface area contributed by atoms with E-state index in [4.69, 9.17) is 4.74 Å². The van der Waals surface area contributed by atoms with Crippen LogP contribution in [0, 0.1) is 6.92 Å². The fraction of sp³-hybridized carbons (Fsp3) is 0.360. The Kier molecular flexibility index (Phi) is 7.84. The number of anilines is 1. The monoisotopic (exact) mass is 480 g/mol. The van der Waals surface area contributed by atoms with Crippen LogP contribution < -0.4 is 15.4 Å². The average molecular weight is 481 g/mol. The molecule has 2 aliphatic heterocycles. The van der Waals surface area contributed by atoms with Crippen LogP contribution in [0.15, 0.2) is 53.5 Å². The molecule has 34 heavy (non-hydrogen) atoms. The summed E-state index contributed by atoms with van der Waals surface area (Å²) in [7, 11) is 0. The van der Waals surface area contributed by atoms with E-state index in [0.29, 0.717) is 24.4 Å². The second-order valence-corrected chi connectivity index (χ2v) is 9.45. The first kappa shape index (κ1) is 23.8. The topological polar surface area (TPSA) is 100 Å². The highest BCUT2D eigenvalue weighted by atomic mass is 32.2. The predicted molar refractivity (Wildman–Crippen MR) is 133 cm³/mol. The highest BCUT2D eigenvalue weighted by Gasteiger charge is 2.33. The number of nitrogens with one attached hydrogen (secondary N) is 2. The number of hydrogen-bond acceptors (Lipinski definition) is 6. The van der Waals surface area contributed by atoms with Gasteiger partial charge in [-0.25, -0.2) is 0 Å². The van der Waals surface area contributed by atoms with Gasteiger partial charge in [-0.15, -0.1) is 0 Å². The lowest BCUT2D eigenvalue weighted by molar-refractivity contribution is -0.121. The number of nitrogens with zero attached hydrogens (tertiary/aromatic N) is 2. The zero-order valence-corrected chi connectivity index (χ0v) is 19.9. The molecule has 2 aromatic rings. The van der Waals surface area contributed by atoms with Crippen LogP contribution in [-0.2, 0) is 9.59 Å². The van der Waals surface area contributed by atoms with Crippen molar-refractivity contribution >= 4 is 40.3 Å². The molecular weight excluding hydrogens is 452 g/mol. The number of hydrogen-bond donors (Lipinski definition) is 2. The molecule has 9 heteroatoms. The van der Waals surface area contributed by atoms with Crippen molar-refractivity contribution in [2.45, 2.75) is 31.4 Å². The minimum Gasteiger partial charge on any atom is -0.492 e. The number of aliphatic imine (C=N–C) groups is 1. The Morgan fingerprint density at radius 1 is 1.09 bits per heavy atom. The number of ether oxygens (including phenoxy) is 1. The second-order valence-electron chi connectivity index (χ2n) is 8.28. The van der Waals surface area contributed by atoms with E-state index in [2.05, 4.69) is 20.5 Å². The van der Waals surface area contributed by atoms with Crippen LogP contribution in [0.5, 0.6) is 5.75 Å². The van der Waals surface area contributed by atoms with Gasteiger partial charge in [0.2, 0.25) is 5.91 Å². The van der Waals surface area contributed by atoms with Gasteiger partial charge >= 0.3 is 0 Å². The summed E-state index contributed by atoms with van der Waals surface area (Å²) in [5.41, 5.74) is 2.21. The van der Waals surface area contributed by atoms with Crippen molar-refractivity contribution < 1.29 is 19.1 Å². The molecule has 2 N–H and O–H groups in total. The molecule has 8 nitrogen and oxygen atoms in total. The molecule has 0 aliphatic carbocycles. The van der Waals surface area contributed by atoms with E-state index < -0.39 is 5.25 Å². The lowest BCUT2D eigenvalue weighted by Crippen LogP contribution is -2.28. The van der Waals surface area contributed by atoms with Crippen LogP contribution in [0.4, 0.5) is 5.69 Å². The Balaban J connectivity index is 1.18. The molecule has 1 atom stereocenters. The molecule has 0 saturated carbocycles. The minimum atomic E-state index is -0.484. The summed E-state index contributed by atoms with van der Waals surface area (Å²) in [6.45, 7) is 4.58. The van der Waals surface area contributed by atoms with E-state index in [1.54, 1.807) is 24.3 Å². The normalized spacial score (nSPS) is 17.4. The van der Waals surface area contributed by atoms with Gasteiger partial charge in [0, 0.05) is 30.8 Å². The van der Waals surface area contributed by atoms with E-state index in [0.717, 1.165) is 42.4 Å². The largest absolute Gasteiger partial charge is 0.492 e. The highest BCUT2D eigenvalue weighted by molar-refractivity contribution is 8.15. The summed E-state index contributed by atoms with van der Waals surface area (Å²) in [5, 5.41) is 5.86. The quantitative estimate of drug-likeness (QED) is 0.563. The third-order valence-corrected chi connectivity index (χ3v) is 6.80. The lowest BCUT2D eigenvalue weighted by Gasteiger charge is -2.16. The molecule has 178 valence electrons. The molecule has 2 heterocycles. The van der Waals surface area contributed by atoms with Crippen LogP contribution in [0.25, 0.3) is 0 Å². The van der Waals surface area contributed by atoms with Crippen LogP contribution >= 0.6 is 11.8 Å². The number of rotatable bonds is 8. The molecule has 1 unspecified atom stereocenters. The van der Waals surface area contributed by atoms with Gasteiger partial charge in [-0.1, -0.05) is 29.5 Å². The fourth-order valence-electron chi connectivity index (χ4n) is 3.71.